The second-order valence-corrected chi connectivity index (χ2v) is 4.90. The van der Waals surface area contributed by atoms with Gasteiger partial charge in [0.15, 0.2) is 0 Å². The van der Waals surface area contributed by atoms with Gasteiger partial charge in [-0.05, 0) is 13.8 Å². The Balaban J connectivity index is 2.65. The van der Waals surface area contributed by atoms with Gasteiger partial charge < -0.3 is 14.6 Å². The minimum atomic E-state index is -0.379. The fraction of sp³-hybridized carbons (Fsp3) is 1.00. The van der Waals surface area contributed by atoms with Gasteiger partial charge in [0.2, 0.25) is 0 Å². The molecule has 0 bridgehead atoms. The summed E-state index contributed by atoms with van der Waals surface area (Å²) in [6.45, 7) is 8.76. The molecule has 0 amide bonds. The van der Waals surface area contributed by atoms with Gasteiger partial charge in [0.25, 0.3) is 0 Å². The zero-order valence-corrected chi connectivity index (χ0v) is 9.78. The average molecular weight is 202 g/mol. The lowest BCUT2D eigenvalue weighted by Gasteiger charge is -2.24. The molecule has 84 valence electrons. The summed E-state index contributed by atoms with van der Waals surface area (Å²) in [6, 6.07) is 0. The van der Waals surface area contributed by atoms with E-state index in [0.717, 1.165) is 0 Å². The van der Waals surface area contributed by atoms with Crippen molar-refractivity contribution in [3.8, 4) is 0 Å². The van der Waals surface area contributed by atoms with E-state index in [1.807, 2.05) is 27.7 Å². The Bertz CT molecular complexity index is 191. The normalized spacial score (nSPS) is 38.6. The smallest absolute Gasteiger partial charge is 0.0892 e. The molecule has 0 saturated carbocycles. The predicted octanol–water partition coefficient (Wildman–Crippen LogP) is 1.44. The number of hydrogen-bond donors (Lipinski definition) is 1. The van der Waals surface area contributed by atoms with Crippen LogP contribution in [0.5, 0.6) is 0 Å². The van der Waals surface area contributed by atoms with E-state index < -0.39 is 0 Å². The van der Waals surface area contributed by atoms with Crippen LogP contribution in [0.1, 0.15) is 27.7 Å². The highest BCUT2D eigenvalue weighted by atomic mass is 16.5. The summed E-state index contributed by atoms with van der Waals surface area (Å²) in [5, 5.41) is 10.0. The first-order chi connectivity index (χ1) is 6.40. The molecule has 1 aliphatic rings. The van der Waals surface area contributed by atoms with Crippen molar-refractivity contribution in [2.75, 3.05) is 13.7 Å². The van der Waals surface area contributed by atoms with Crippen molar-refractivity contribution < 1.29 is 14.6 Å². The van der Waals surface area contributed by atoms with Crippen molar-refractivity contribution in [2.45, 2.75) is 45.5 Å². The van der Waals surface area contributed by atoms with E-state index in [2.05, 4.69) is 0 Å². The molecule has 0 aromatic heterocycles. The first-order valence-corrected chi connectivity index (χ1v) is 5.25. The van der Waals surface area contributed by atoms with E-state index in [0.29, 0.717) is 6.61 Å². The third-order valence-electron chi connectivity index (χ3n) is 3.38. The van der Waals surface area contributed by atoms with Crippen LogP contribution >= 0.6 is 0 Å². The zero-order valence-electron chi connectivity index (χ0n) is 9.78. The zero-order chi connectivity index (χ0) is 10.9. The molecule has 1 rings (SSSR count). The summed E-state index contributed by atoms with van der Waals surface area (Å²) < 4.78 is 10.9. The van der Waals surface area contributed by atoms with Gasteiger partial charge in [-0.25, -0.2) is 0 Å². The largest absolute Gasteiger partial charge is 0.390 e. The monoisotopic (exact) mass is 202 g/mol. The molecule has 1 fully saturated rings. The van der Waals surface area contributed by atoms with Crippen molar-refractivity contribution in [2.24, 2.45) is 11.8 Å². The van der Waals surface area contributed by atoms with Gasteiger partial charge in [-0.15, -0.1) is 0 Å². The SMILES string of the molecule is COCC(C)C1OC(C)(C)C(C)C1O. The maximum atomic E-state index is 10.0. The van der Waals surface area contributed by atoms with Gasteiger partial charge in [-0.2, -0.15) is 0 Å². The molecule has 0 spiro atoms. The molecule has 0 aliphatic carbocycles. The first-order valence-electron chi connectivity index (χ1n) is 5.25. The van der Waals surface area contributed by atoms with Crippen molar-refractivity contribution >= 4 is 0 Å². The Morgan fingerprint density at radius 1 is 1.50 bits per heavy atom. The lowest BCUT2D eigenvalue weighted by atomic mass is 9.87. The number of aliphatic hydroxyl groups excluding tert-OH is 1. The lowest BCUT2D eigenvalue weighted by molar-refractivity contribution is -0.0718. The van der Waals surface area contributed by atoms with E-state index in [1.165, 1.54) is 0 Å². The quantitative estimate of drug-likeness (QED) is 0.752. The second kappa shape index (κ2) is 4.17. The molecule has 1 N–H and O–H groups in total. The molecule has 1 saturated heterocycles. The molecule has 4 unspecified atom stereocenters. The van der Waals surface area contributed by atoms with Crippen LogP contribution in [0, 0.1) is 11.8 Å². The predicted molar refractivity (Wildman–Crippen MR) is 55.2 cm³/mol. The first kappa shape index (κ1) is 12.0. The van der Waals surface area contributed by atoms with Gasteiger partial charge in [0.1, 0.15) is 0 Å². The molecule has 0 radical (unpaired) electrons. The Morgan fingerprint density at radius 3 is 2.43 bits per heavy atom. The van der Waals surface area contributed by atoms with Crippen LogP contribution in [-0.4, -0.2) is 36.6 Å². The maximum Gasteiger partial charge on any atom is 0.0892 e. The molecule has 14 heavy (non-hydrogen) atoms. The Kier molecular flexibility index (Phi) is 3.56. The van der Waals surface area contributed by atoms with Crippen LogP contribution in [0.3, 0.4) is 0 Å². The molecule has 0 aromatic rings. The van der Waals surface area contributed by atoms with Crippen molar-refractivity contribution in [1.82, 2.24) is 0 Å². The maximum absolute atomic E-state index is 10.0. The Morgan fingerprint density at radius 2 is 2.07 bits per heavy atom. The van der Waals surface area contributed by atoms with Gasteiger partial charge >= 0.3 is 0 Å². The topological polar surface area (TPSA) is 38.7 Å². The van der Waals surface area contributed by atoms with E-state index in [1.54, 1.807) is 7.11 Å². The molecule has 0 aromatic carbocycles. The number of aliphatic hydroxyl groups is 1. The number of ether oxygens (including phenoxy) is 2. The Hall–Kier alpha value is -0.120. The third kappa shape index (κ3) is 2.10. The van der Waals surface area contributed by atoms with Crippen molar-refractivity contribution in [3.63, 3.8) is 0 Å². The van der Waals surface area contributed by atoms with Crippen molar-refractivity contribution in [3.05, 3.63) is 0 Å². The lowest BCUT2D eigenvalue weighted by Crippen LogP contribution is -2.33. The highest BCUT2D eigenvalue weighted by Gasteiger charge is 2.47. The highest BCUT2D eigenvalue weighted by molar-refractivity contribution is 4.95. The van der Waals surface area contributed by atoms with Crippen LogP contribution in [-0.2, 0) is 9.47 Å². The fourth-order valence-electron chi connectivity index (χ4n) is 2.03. The number of rotatable bonds is 3. The van der Waals surface area contributed by atoms with Crippen LogP contribution in [0.2, 0.25) is 0 Å². The van der Waals surface area contributed by atoms with E-state index in [9.17, 15) is 5.11 Å². The van der Waals surface area contributed by atoms with Crippen LogP contribution < -0.4 is 0 Å². The molecule has 3 heteroatoms. The second-order valence-electron chi connectivity index (χ2n) is 4.90. The van der Waals surface area contributed by atoms with Gasteiger partial charge in [-0.1, -0.05) is 13.8 Å². The minimum Gasteiger partial charge on any atom is -0.390 e. The van der Waals surface area contributed by atoms with Crippen LogP contribution in [0.15, 0.2) is 0 Å². The summed E-state index contributed by atoms with van der Waals surface area (Å²) in [5.41, 5.74) is -0.230. The average Bonchev–Trinajstić information content (AvgIpc) is 2.30. The van der Waals surface area contributed by atoms with E-state index in [4.69, 9.17) is 9.47 Å². The van der Waals surface area contributed by atoms with Gasteiger partial charge in [-0.3, -0.25) is 0 Å². The minimum absolute atomic E-state index is 0.0973. The highest BCUT2D eigenvalue weighted by Crippen LogP contribution is 2.38. The van der Waals surface area contributed by atoms with E-state index in [-0.39, 0.29) is 29.6 Å². The number of methoxy groups -OCH3 is 1. The van der Waals surface area contributed by atoms with Crippen LogP contribution in [0.25, 0.3) is 0 Å². The molecule has 1 heterocycles. The van der Waals surface area contributed by atoms with Crippen LogP contribution in [0.4, 0.5) is 0 Å². The summed E-state index contributed by atoms with van der Waals surface area (Å²) >= 11 is 0. The standard InChI is InChI=1S/C11H22O3/c1-7(6-13-5)10-9(12)8(2)11(3,4)14-10/h7-10,12H,6H2,1-5H3. The molecule has 4 atom stereocenters. The summed E-state index contributed by atoms with van der Waals surface area (Å²) in [7, 11) is 1.67. The summed E-state index contributed by atoms with van der Waals surface area (Å²) in [5.74, 6) is 0.408. The third-order valence-corrected chi connectivity index (χ3v) is 3.38. The van der Waals surface area contributed by atoms with Crippen molar-refractivity contribution in [1.29, 1.82) is 0 Å². The van der Waals surface area contributed by atoms with Gasteiger partial charge in [0, 0.05) is 18.9 Å². The van der Waals surface area contributed by atoms with E-state index >= 15 is 0 Å². The Labute approximate surface area is 86.4 Å². The summed E-state index contributed by atoms with van der Waals surface area (Å²) in [4.78, 5) is 0. The summed E-state index contributed by atoms with van der Waals surface area (Å²) in [6.07, 6.45) is -0.477. The fourth-order valence-corrected chi connectivity index (χ4v) is 2.03. The number of hydrogen-bond acceptors (Lipinski definition) is 3. The molecular formula is C11H22O3. The molecule has 3 nitrogen and oxygen atoms in total. The molecular weight excluding hydrogens is 180 g/mol. The molecule has 1 aliphatic heterocycles. The van der Waals surface area contributed by atoms with Gasteiger partial charge in [0.05, 0.1) is 24.4 Å².